The number of fused-ring (bicyclic) bond motifs is 5. The molecule has 0 radical (unpaired) electrons. The number of carbonyl (C=O) groups excluding carboxylic acids is 4. The normalized spacial score (nSPS) is 30.7. The van der Waals surface area contributed by atoms with Gasteiger partial charge in [-0.3, -0.25) is 14.4 Å². The summed E-state index contributed by atoms with van der Waals surface area (Å²) in [5.41, 5.74) is 0. The highest BCUT2D eigenvalue weighted by Crippen LogP contribution is 2.52. The number of hydrogen-bond acceptors (Lipinski definition) is 6. The van der Waals surface area contributed by atoms with Crippen LogP contribution in [0.25, 0.3) is 0 Å². The van der Waals surface area contributed by atoms with Gasteiger partial charge in [-0.05, 0) is 24.7 Å². The van der Waals surface area contributed by atoms with Crippen molar-refractivity contribution in [2.45, 2.75) is 32.6 Å². The molecule has 124 valence electrons. The molecule has 0 unspecified atom stereocenters. The third kappa shape index (κ3) is 2.75. The summed E-state index contributed by atoms with van der Waals surface area (Å²) in [6, 6.07) is 0. The Labute approximate surface area is 133 Å². The molecule has 2 amide bonds. The lowest BCUT2D eigenvalue weighted by atomic mass is 9.85. The van der Waals surface area contributed by atoms with Crippen LogP contribution >= 0.6 is 0 Å². The van der Waals surface area contributed by atoms with Crippen LogP contribution in [0, 0.1) is 23.7 Å². The number of allylic oxidation sites excluding steroid dienone is 2. The van der Waals surface area contributed by atoms with E-state index in [9.17, 15) is 19.2 Å². The topological polar surface area (TPSA) is 90.0 Å². The van der Waals surface area contributed by atoms with E-state index in [1.807, 2.05) is 19.1 Å². The maximum atomic E-state index is 12.3. The SMILES string of the molecule is CCCOC(=O)CCC(=O)ON1C(=O)[C@@H]2[C@H](C1=O)[C@@H]1C=C[C@H]2C1. The van der Waals surface area contributed by atoms with Crippen molar-refractivity contribution in [2.75, 3.05) is 6.61 Å². The number of hydrogen-bond donors (Lipinski definition) is 0. The van der Waals surface area contributed by atoms with Crippen LogP contribution in [0.4, 0.5) is 0 Å². The van der Waals surface area contributed by atoms with E-state index in [-0.39, 0.29) is 24.7 Å². The smallest absolute Gasteiger partial charge is 0.333 e. The summed E-state index contributed by atoms with van der Waals surface area (Å²) in [5, 5.41) is 0.598. The van der Waals surface area contributed by atoms with Crippen molar-refractivity contribution in [1.82, 2.24) is 5.06 Å². The van der Waals surface area contributed by atoms with Gasteiger partial charge in [-0.1, -0.05) is 19.1 Å². The summed E-state index contributed by atoms with van der Waals surface area (Å²) in [6.45, 7) is 2.17. The van der Waals surface area contributed by atoms with Gasteiger partial charge >= 0.3 is 11.9 Å². The van der Waals surface area contributed by atoms with Gasteiger partial charge in [0.15, 0.2) is 0 Å². The van der Waals surface area contributed by atoms with Crippen molar-refractivity contribution in [3.05, 3.63) is 12.2 Å². The lowest BCUT2D eigenvalue weighted by Gasteiger charge is -2.15. The van der Waals surface area contributed by atoms with Crippen molar-refractivity contribution in [3.8, 4) is 0 Å². The molecule has 0 aromatic carbocycles. The Hall–Kier alpha value is -2.18. The highest BCUT2D eigenvalue weighted by atomic mass is 16.7. The number of amides is 2. The molecule has 3 rings (SSSR count). The third-order valence-electron chi connectivity index (χ3n) is 4.62. The van der Waals surface area contributed by atoms with Crippen LogP contribution in [0.1, 0.15) is 32.6 Å². The summed E-state index contributed by atoms with van der Waals surface area (Å²) in [4.78, 5) is 52.6. The quantitative estimate of drug-likeness (QED) is 0.411. The summed E-state index contributed by atoms with van der Waals surface area (Å²) in [7, 11) is 0. The van der Waals surface area contributed by atoms with E-state index in [0.29, 0.717) is 18.1 Å². The number of rotatable bonds is 6. The minimum atomic E-state index is -0.777. The fourth-order valence-electron chi connectivity index (χ4n) is 3.60. The molecule has 1 heterocycles. The molecule has 2 aliphatic carbocycles. The number of esters is 1. The Morgan fingerprint density at radius 2 is 1.65 bits per heavy atom. The Bertz CT molecular complexity index is 553. The third-order valence-corrected chi connectivity index (χ3v) is 4.62. The second-order valence-electron chi connectivity index (χ2n) is 6.15. The van der Waals surface area contributed by atoms with Gasteiger partial charge in [0.05, 0.1) is 31.3 Å². The molecule has 1 saturated heterocycles. The van der Waals surface area contributed by atoms with Crippen molar-refractivity contribution in [2.24, 2.45) is 23.7 Å². The molecule has 3 aliphatic rings. The first-order valence-electron chi connectivity index (χ1n) is 7.95. The molecule has 0 aromatic rings. The molecule has 7 nitrogen and oxygen atoms in total. The molecule has 4 atom stereocenters. The standard InChI is InChI=1S/C16H19NO6/c1-2-7-22-11(18)5-6-12(19)23-17-15(20)13-9-3-4-10(8-9)14(13)16(17)21/h3-4,9-10,13-14H,2,5-8H2,1H3/t9-,10+,13-,14+. The van der Waals surface area contributed by atoms with Gasteiger partial charge in [-0.15, -0.1) is 5.06 Å². The number of carbonyl (C=O) groups is 4. The zero-order valence-electron chi connectivity index (χ0n) is 12.9. The lowest BCUT2D eigenvalue weighted by Crippen LogP contribution is -2.35. The molecule has 23 heavy (non-hydrogen) atoms. The summed E-state index contributed by atoms with van der Waals surface area (Å²) in [6.07, 6.45) is 5.09. The average Bonchev–Trinajstić information content (AvgIpc) is 3.20. The molecular weight excluding hydrogens is 302 g/mol. The number of ether oxygens (including phenoxy) is 1. The molecule has 0 N–H and O–H groups in total. The van der Waals surface area contributed by atoms with E-state index in [4.69, 9.17) is 9.57 Å². The van der Waals surface area contributed by atoms with Crippen LogP contribution in [-0.4, -0.2) is 35.4 Å². The highest BCUT2D eigenvalue weighted by molar-refractivity contribution is 6.06. The van der Waals surface area contributed by atoms with Crippen LogP contribution in [-0.2, 0) is 28.8 Å². The van der Waals surface area contributed by atoms with Gasteiger partial charge in [0.2, 0.25) is 0 Å². The van der Waals surface area contributed by atoms with E-state index in [2.05, 4.69) is 0 Å². The van der Waals surface area contributed by atoms with E-state index in [1.54, 1.807) is 0 Å². The molecule has 2 bridgehead atoms. The van der Waals surface area contributed by atoms with Crippen molar-refractivity contribution in [3.63, 3.8) is 0 Å². The first-order valence-corrected chi connectivity index (χ1v) is 7.95. The molecule has 7 heteroatoms. The zero-order chi connectivity index (χ0) is 16.6. The average molecular weight is 321 g/mol. The predicted molar refractivity (Wildman–Crippen MR) is 76.1 cm³/mol. The van der Waals surface area contributed by atoms with Gasteiger partial charge in [0, 0.05) is 0 Å². The van der Waals surface area contributed by atoms with Crippen LogP contribution in [0.3, 0.4) is 0 Å². The number of nitrogens with zero attached hydrogens (tertiary/aromatic N) is 1. The predicted octanol–water partition coefficient (Wildman–Crippen LogP) is 0.985. The Balaban J connectivity index is 1.53. The van der Waals surface area contributed by atoms with Crippen molar-refractivity contribution >= 4 is 23.8 Å². The van der Waals surface area contributed by atoms with Gasteiger partial charge in [-0.2, -0.15) is 0 Å². The Morgan fingerprint density at radius 3 is 2.22 bits per heavy atom. The van der Waals surface area contributed by atoms with Crippen molar-refractivity contribution < 1.29 is 28.8 Å². The van der Waals surface area contributed by atoms with Crippen LogP contribution in [0.15, 0.2) is 12.2 Å². The highest BCUT2D eigenvalue weighted by Gasteiger charge is 2.60. The monoisotopic (exact) mass is 321 g/mol. The van der Waals surface area contributed by atoms with Gasteiger partial charge in [0.1, 0.15) is 0 Å². The van der Waals surface area contributed by atoms with E-state index < -0.39 is 35.6 Å². The number of imide groups is 1. The molecule has 0 aromatic heterocycles. The maximum Gasteiger partial charge on any atom is 0.333 e. The van der Waals surface area contributed by atoms with Gasteiger partial charge < -0.3 is 9.57 Å². The first kappa shape index (κ1) is 15.7. The number of hydroxylamine groups is 2. The Morgan fingerprint density at radius 1 is 1.09 bits per heavy atom. The van der Waals surface area contributed by atoms with Gasteiger partial charge in [0.25, 0.3) is 11.8 Å². The molecule has 0 spiro atoms. The largest absolute Gasteiger partial charge is 0.466 e. The molecular formula is C16H19NO6. The van der Waals surface area contributed by atoms with E-state index >= 15 is 0 Å². The van der Waals surface area contributed by atoms with E-state index in [0.717, 1.165) is 6.42 Å². The minimum absolute atomic E-state index is 0.0640. The second-order valence-corrected chi connectivity index (χ2v) is 6.15. The van der Waals surface area contributed by atoms with Crippen molar-refractivity contribution in [1.29, 1.82) is 0 Å². The second kappa shape index (κ2) is 6.14. The molecule has 2 fully saturated rings. The van der Waals surface area contributed by atoms with Crippen LogP contribution in [0.2, 0.25) is 0 Å². The van der Waals surface area contributed by atoms with Crippen LogP contribution < -0.4 is 0 Å². The summed E-state index contributed by atoms with van der Waals surface area (Å²) >= 11 is 0. The Kier molecular flexibility index (Phi) is 4.19. The molecule has 1 saturated carbocycles. The van der Waals surface area contributed by atoms with Gasteiger partial charge in [-0.25, -0.2) is 4.79 Å². The molecule has 1 aliphatic heterocycles. The minimum Gasteiger partial charge on any atom is -0.466 e. The summed E-state index contributed by atoms with van der Waals surface area (Å²) < 4.78 is 4.85. The zero-order valence-corrected chi connectivity index (χ0v) is 12.9. The maximum absolute atomic E-state index is 12.3. The van der Waals surface area contributed by atoms with E-state index in [1.165, 1.54) is 0 Å². The fraction of sp³-hybridized carbons (Fsp3) is 0.625. The fourth-order valence-corrected chi connectivity index (χ4v) is 3.60. The first-order chi connectivity index (χ1) is 11.0. The lowest BCUT2D eigenvalue weighted by molar-refractivity contribution is -0.199. The van der Waals surface area contributed by atoms with Crippen LogP contribution in [0.5, 0.6) is 0 Å². The summed E-state index contributed by atoms with van der Waals surface area (Å²) in [5.74, 6) is -2.84.